The van der Waals surface area contributed by atoms with Crippen LogP contribution < -0.4 is 0 Å². The molecule has 1 aromatic rings. The summed E-state index contributed by atoms with van der Waals surface area (Å²) >= 11 is 3.36. The van der Waals surface area contributed by atoms with E-state index in [-0.39, 0.29) is 6.61 Å². The molecule has 0 spiro atoms. The molecule has 1 aliphatic rings. The average molecular weight is 445 g/mol. The zero-order valence-corrected chi connectivity index (χ0v) is 16.7. The lowest BCUT2D eigenvalue weighted by Gasteiger charge is -2.43. The molecule has 0 bridgehead atoms. The van der Waals surface area contributed by atoms with Gasteiger partial charge in [0.15, 0.2) is 12.2 Å². The number of aliphatic hydroxyl groups is 1. The SMILES string of the molecule is CC(=O)OC[C@H]1O[C@H](c2cccc(Br)c2)[C@@H](OC(C)=O)[C@@H](OC(C)=O)[C@@H]1O. The second-order valence-electron chi connectivity index (χ2n) is 6.09. The minimum Gasteiger partial charge on any atom is -0.463 e. The summed E-state index contributed by atoms with van der Waals surface area (Å²) in [6, 6.07) is 7.08. The molecule has 1 saturated heterocycles. The Morgan fingerprint density at radius 3 is 2.26 bits per heavy atom. The minimum absolute atomic E-state index is 0.244. The van der Waals surface area contributed by atoms with Gasteiger partial charge in [-0.15, -0.1) is 0 Å². The molecular weight excluding hydrogens is 424 g/mol. The Hall–Kier alpha value is -1.97. The molecule has 5 atom stereocenters. The van der Waals surface area contributed by atoms with Crippen LogP contribution in [-0.4, -0.2) is 54.0 Å². The van der Waals surface area contributed by atoms with Crippen LogP contribution in [0.25, 0.3) is 0 Å². The van der Waals surface area contributed by atoms with Gasteiger partial charge in [0.05, 0.1) is 0 Å². The zero-order valence-electron chi connectivity index (χ0n) is 15.1. The molecular formula is C18H21BrO8. The summed E-state index contributed by atoms with van der Waals surface area (Å²) in [7, 11) is 0. The molecule has 1 N–H and O–H groups in total. The number of ether oxygens (including phenoxy) is 4. The van der Waals surface area contributed by atoms with Crippen LogP contribution in [0.5, 0.6) is 0 Å². The Morgan fingerprint density at radius 2 is 1.70 bits per heavy atom. The first-order chi connectivity index (χ1) is 12.7. The van der Waals surface area contributed by atoms with E-state index in [0.717, 1.165) is 4.47 Å². The van der Waals surface area contributed by atoms with Gasteiger partial charge in [-0.05, 0) is 17.7 Å². The van der Waals surface area contributed by atoms with E-state index in [1.807, 2.05) is 6.07 Å². The van der Waals surface area contributed by atoms with E-state index in [4.69, 9.17) is 18.9 Å². The lowest BCUT2D eigenvalue weighted by molar-refractivity contribution is -0.249. The molecule has 0 radical (unpaired) electrons. The van der Waals surface area contributed by atoms with Gasteiger partial charge in [0, 0.05) is 25.2 Å². The van der Waals surface area contributed by atoms with Crippen LogP contribution in [0.15, 0.2) is 28.7 Å². The summed E-state index contributed by atoms with van der Waals surface area (Å²) in [6.07, 6.45) is -5.45. The van der Waals surface area contributed by atoms with Crippen molar-refractivity contribution in [2.24, 2.45) is 0 Å². The van der Waals surface area contributed by atoms with Crippen LogP contribution in [0.3, 0.4) is 0 Å². The molecule has 0 unspecified atom stereocenters. The molecule has 1 aromatic carbocycles. The Labute approximate surface area is 164 Å². The number of esters is 3. The number of carbonyl (C=O) groups is 3. The number of rotatable bonds is 5. The largest absolute Gasteiger partial charge is 0.463 e. The molecule has 1 fully saturated rings. The second kappa shape index (κ2) is 9.29. The van der Waals surface area contributed by atoms with Crippen LogP contribution in [0.4, 0.5) is 0 Å². The van der Waals surface area contributed by atoms with Crippen LogP contribution in [-0.2, 0) is 33.3 Å². The van der Waals surface area contributed by atoms with Crippen molar-refractivity contribution < 1.29 is 38.4 Å². The lowest BCUT2D eigenvalue weighted by Crippen LogP contribution is -2.58. The van der Waals surface area contributed by atoms with E-state index >= 15 is 0 Å². The molecule has 8 nitrogen and oxygen atoms in total. The fourth-order valence-corrected chi connectivity index (χ4v) is 3.28. The Bertz CT molecular complexity index is 706. The third kappa shape index (κ3) is 5.75. The fraction of sp³-hybridized carbons (Fsp3) is 0.500. The quantitative estimate of drug-likeness (QED) is 0.539. The van der Waals surface area contributed by atoms with Crippen molar-refractivity contribution in [1.82, 2.24) is 0 Å². The highest BCUT2D eigenvalue weighted by Gasteiger charge is 2.50. The molecule has 0 aliphatic carbocycles. The maximum atomic E-state index is 11.6. The van der Waals surface area contributed by atoms with Crippen molar-refractivity contribution in [1.29, 1.82) is 0 Å². The van der Waals surface area contributed by atoms with Crippen molar-refractivity contribution in [3.8, 4) is 0 Å². The van der Waals surface area contributed by atoms with Crippen LogP contribution in [0.1, 0.15) is 32.4 Å². The highest BCUT2D eigenvalue weighted by atomic mass is 79.9. The van der Waals surface area contributed by atoms with E-state index in [1.165, 1.54) is 20.8 Å². The minimum atomic E-state index is -1.36. The lowest BCUT2D eigenvalue weighted by atomic mass is 9.90. The Kier molecular flexibility index (Phi) is 7.34. The van der Waals surface area contributed by atoms with Gasteiger partial charge in [-0.2, -0.15) is 0 Å². The number of carbonyl (C=O) groups excluding carboxylic acids is 3. The van der Waals surface area contributed by atoms with Gasteiger partial charge in [0.1, 0.15) is 24.9 Å². The topological polar surface area (TPSA) is 108 Å². The highest BCUT2D eigenvalue weighted by molar-refractivity contribution is 9.10. The number of aliphatic hydroxyl groups excluding tert-OH is 1. The zero-order chi connectivity index (χ0) is 20.1. The van der Waals surface area contributed by atoms with Crippen molar-refractivity contribution in [3.63, 3.8) is 0 Å². The summed E-state index contributed by atoms with van der Waals surface area (Å²) in [4.78, 5) is 34.3. The maximum absolute atomic E-state index is 11.6. The fourth-order valence-electron chi connectivity index (χ4n) is 2.86. The molecule has 2 rings (SSSR count). The van der Waals surface area contributed by atoms with E-state index < -0.39 is 48.4 Å². The van der Waals surface area contributed by atoms with Gasteiger partial charge in [0.2, 0.25) is 0 Å². The predicted octanol–water partition coefficient (Wildman–Crippen LogP) is 1.68. The van der Waals surface area contributed by atoms with Gasteiger partial charge in [-0.25, -0.2) is 0 Å². The summed E-state index contributed by atoms with van der Waals surface area (Å²) < 4.78 is 22.2. The monoisotopic (exact) mass is 444 g/mol. The van der Waals surface area contributed by atoms with Crippen molar-refractivity contribution in [2.75, 3.05) is 6.61 Å². The number of hydrogen-bond donors (Lipinski definition) is 1. The van der Waals surface area contributed by atoms with Gasteiger partial charge in [-0.1, -0.05) is 28.1 Å². The third-order valence-electron chi connectivity index (χ3n) is 3.89. The van der Waals surface area contributed by atoms with Gasteiger partial charge in [0.25, 0.3) is 0 Å². The Morgan fingerprint density at radius 1 is 1.07 bits per heavy atom. The molecule has 1 heterocycles. The first kappa shape index (κ1) is 21.3. The van der Waals surface area contributed by atoms with Crippen molar-refractivity contribution >= 4 is 33.8 Å². The van der Waals surface area contributed by atoms with Crippen LogP contribution >= 0.6 is 15.9 Å². The first-order valence-corrected chi connectivity index (χ1v) is 9.05. The van der Waals surface area contributed by atoms with Gasteiger partial charge >= 0.3 is 17.9 Å². The normalized spacial score (nSPS) is 27.5. The summed E-state index contributed by atoms with van der Waals surface area (Å²) in [5.41, 5.74) is 0.632. The van der Waals surface area contributed by atoms with Gasteiger partial charge < -0.3 is 24.1 Å². The number of halogens is 1. The molecule has 9 heteroatoms. The van der Waals surface area contributed by atoms with Gasteiger partial charge in [-0.3, -0.25) is 14.4 Å². The molecule has 0 amide bonds. The highest BCUT2D eigenvalue weighted by Crippen LogP contribution is 2.37. The first-order valence-electron chi connectivity index (χ1n) is 8.26. The van der Waals surface area contributed by atoms with E-state index in [0.29, 0.717) is 5.56 Å². The van der Waals surface area contributed by atoms with Crippen molar-refractivity contribution in [3.05, 3.63) is 34.3 Å². The van der Waals surface area contributed by atoms with Crippen LogP contribution in [0, 0.1) is 0 Å². The molecule has 0 aromatic heterocycles. The molecule has 1 aliphatic heterocycles. The van der Waals surface area contributed by atoms with E-state index in [9.17, 15) is 19.5 Å². The smallest absolute Gasteiger partial charge is 0.303 e. The third-order valence-corrected chi connectivity index (χ3v) is 4.39. The summed E-state index contributed by atoms with van der Waals surface area (Å²) in [6.45, 7) is 3.38. The molecule has 27 heavy (non-hydrogen) atoms. The second-order valence-corrected chi connectivity index (χ2v) is 7.01. The standard InChI is InChI=1S/C18H21BrO8/c1-9(20)24-8-14-15(23)17(25-10(2)21)18(26-11(3)22)16(27-14)12-5-4-6-13(19)7-12/h4-7,14-18,23H,8H2,1-3H3/t14-,15-,16-,17+,18-/m1/s1. The predicted molar refractivity (Wildman–Crippen MR) is 95.5 cm³/mol. The molecule has 148 valence electrons. The number of hydrogen-bond acceptors (Lipinski definition) is 8. The summed E-state index contributed by atoms with van der Waals surface area (Å²) in [5, 5.41) is 10.6. The summed E-state index contributed by atoms with van der Waals surface area (Å²) in [5.74, 6) is -1.82. The number of benzene rings is 1. The average Bonchev–Trinajstić information content (AvgIpc) is 2.56. The van der Waals surface area contributed by atoms with E-state index in [2.05, 4.69) is 15.9 Å². The van der Waals surface area contributed by atoms with Crippen LogP contribution in [0.2, 0.25) is 0 Å². The molecule has 0 saturated carbocycles. The maximum Gasteiger partial charge on any atom is 0.303 e. The van der Waals surface area contributed by atoms with E-state index in [1.54, 1.807) is 18.2 Å². The Balaban J connectivity index is 2.41. The van der Waals surface area contributed by atoms with Crippen molar-refractivity contribution in [2.45, 2.75) is 51.3 Å².